The number of aromatic carboxylic acids is 1. The van der Waals surface area contributed by atoms with E-state index >= 15 is 0 Å². The second-order valence-electron chi connectivity index (χ2n) is 7.35. The van der Waals surface area contributed by atoms with E-state index in [0.717, 1.165) is 31.6 Å². The number of fused-ring (bicyclic) bond motifs is 1. The van der Waals surface area contributed by atoms with Crippen molar-refractivity contribution in [2.24, 2.45) is 0 Å². The molecule has 1 atom stereocenters. The van der Waals surface area contributed by atoms with Gasteiger partial charge in [-0.1, -0.05) is 6.07 Å². The number of aromatic nitrogens is 2. The molecule has 0 saturated carbocycles. The van der Waals surface area contributed by atoms with Crippen LogP contribution in [0.1, 0.15) is 33.9 Å². The van der Waals surface area contributed by atoms with Gasteiger partial charge in [0.25, 0.3) is 0 Å². The average Bonchev–Trinajstić information content (AvgIpc) is 2.68. The van der Waals surface area contributed by atoms with Crippen LogP contribution in [0.15, 0.2) is 42.7 Å². The van der Waals surface area contributed by atoms with E-state index in [1.54, 1.807) is 6.07 Å². The normalized spacial score (nSPS) is 15.5. The molecule has 6 nitrogen and oxygen atoms in total. The van der Waals surface area contributed by atoms with Crippen LogP contribution in [0, 0.1) is 5.82 Å². The number of halogens is 4. The number of para-hydroxylation sites is 1. The van der Waals surface area contributed by atoms with Gasteiger partial charge in [0.05, 0.1) is 22.7 Å². The van der Waals surface area contributed by atoms with Gasteiger partial charge in [-0.15, -0.1) is 0 Å². The van der Waals surface area contributed by atoms with Gasteiger partial charge in [0, 0.05) is 11.9 Å². The molecule has 1 saturated heterocycles. The lowest BCUT2D eigenvalue weighted by Crippen LogP contribution is -2.41. The number of likely N-dealkylation sites (tertiary alicyclic amines) is 1. The van der Waals surface area contributed by atoms with Gasteiger partial charge in [0.1, 0.15) is 18.0 Å². The van der Waals surface area contributed by atoms with Gasteiger partial charge in [-0.05, 0) is 55.4 Å². The molecule has 0 bridgehead atoms. The minimum atomic E-state index is -4.68. The summed E-state index contributed by atoms with van der Waals surface area (Å²) in [6.07, 6.45) is -2.53. The van der Waals surface area contributed by atoms with Crippen LogP contribution in [0.5, 0.6) is 0 Å². The van der Waals surface area contributed by atoms with Crippen molar-refractivity contribution in [2.45, 2.75) is 18.6 Å². The highest BCUT2D eigenvalue weighted by molar-refractivity contribution is 6.04. The molecule has 2 N–H and O–H groups in total. The van der Waals surface area contributed by atoms with Crippen molar-refractivity contribution in [3.63, 3.8) is 0 Å². The number of carbonyl (C=O) groups is 1. The predicted molar refractivity (Wildman–Crippen MR) is 105 cm³/mol. The van der Waals surface area contributed by atoms with Crippen molar-refractivity contribution >= 4 is 22.7 Å². The number of benzene rings is 2. The summed E-state index contributed by atoms with van der Waals surface area (Å²) in [6, 6.07) is 6.31. The first kappa shape index (κ1) is 21.0. The summed E-state index contributed by atoms with van der Waals surface area (Å²) >= 11 is 0. The Morgan fingerprint density at radius 2 is 1.97 bits per heavy atom. The van der Waals surface area contributed by atoms with E-state index in [2.05, 4.69) is 15.3 Å². The molecule has 0 unspecified atom stereocenters. The monoisotopic (exact) mass is 434 g/mol. The standard InChI is InChI=1S/C21H18F4N4O2/c22-14-8-12(7-13(9-14)21(23,24)25)17(10-29-5-2-6-29)28-19-15-3-1-4-16(20(30)31)18(15)26-11-27-19/h1,3-4,7-9,11,17H,2,5-6,10H2,(H,30,31)(H,26,27,28)/t17-/m1/s1. The molecular weight excluding hydrogens is 416 g/mol. The Kier molecular flexibility index (Phi) is 5.48. The third-order valence-corrected chi connectivity index (χ3v) is 5.25. The lowest BCUT2D eigenvalue weighted by atomic mass is 10.0. The molecule has 2 aromatic carbocycles. The molecule has 1 aromatic heterocycles. The van der Waals surface area contributed by atoms with E-state index in [9.17, 15) is 27.5 Å². The fourth-order valence-electron chi connectivity index (χ4n) is 3.57. The topological polar surface area (TPSA) is 78.4 Å². The zero-order valence-electron chi connectivity index (χ0n) is 16.2. The summed E-state index contributed by atoms with van der Waals surface area (Å²) in [4.78, 5) is 21.7. The number of hydrogen-bond acceptors (Lipinski definition) is 5. The fraction of sp³-hybridized carbons (Fsp3) is 0.286. The zero-order valence-corrected chi connectivity index (χ0v) is 16.2. The first-order valence-electron chi connectivity index (χ1n) is 9.56. The Labute approximate surface area is 174 Å². The van der Waals surface area contributed by atoms with Crippen molar-refractivity contribution < 1.29 is 27.5 Å². The van der Waals surface area contributed by atoms with Crippen LogP contribution in [0.3, 0.4) is 0 Å². The van der Waals surface area contributed by atoms with Crippen molar-refractivity contribution in [2.75, 3.05) is 25.0 Å². The van der Waals surface area contributed by atoms with Gasteiger partial charge < -0.3 is 15.3 Å². The van der Waals surface area contributed by atoms with Crippen LogP contribution in [0.4, 0.5) is 23.4 Å². The molecule has 0 spiro atoms. The number of carboxylic acid groups (broad SMARTS) is 1. The maximum Gasteiger partial charge on any atom is 0.416 e. The summed E-state index contributed by atoms with van der Waals surface area (Å²) in [6.45, 7) is 1.91. The van der Waals surface area contributed by atoms with Crippen LogP contribution >= 0.6 is 0 Å². The minimum absolute atomic E-state index is 0.0210. The molecule has 1 aliphatic rings. The van der Waals surface area contributed by atoms with E-state index < -0.39 is 29.6 Å². The van der Waals surface area contributed by atoms with Gasteiger partial charge in [-0.3, -0.25) is 0 Å². The molecule has 0 amide bonds. The van der Waals surface area contributed by atoms with E-state index in [-0.39, 0.29) is 22.5 Å². The van der Waals surface area contributed by atoms with E-state index in [4.69, 9.17) is 0 Å². The lowest BCUT2D eigenvalue weighted by Gasteiger charge is -2.35. The Hall–Kier alpha value is -3.27. The van der Waals surface area contributed by atoms with Crippen molar-refractivity contribution in [1.29, 1.82) is 0 Å². The van der Waals surface area contributed by atoms with Gasteiger partial charge in [0.2, 0.25) is 0 Å². The number of nitrogens with one attached hydrogen (secondary N) is 1. The number of alkyl halides is 3. The Morgan fingerprint density at radius 1 is 1.19 bits per heavy atom. The van der Waals surface area contributed by atoms with Crippen molar-refractivity contribution in [3.05, 3.63) is 65.2 Å². The van der Waals surface area contributed by atoms with Crippen LogP contribution in [0.25, 0.3) is 10.9 Å². The van der Waals surface area contributed by atoms with Gasteiger partial charge in [0.15, 0.2) is 0 Å². The largest absolute Gasteiger partial charge is 0.478 e. The minimum Gasteiger partial charge on any atom is -0.478 e. The molecule has 2 heterocycles. The third kappa shape index (κ3) is 4.43. The fourth-order valence-corrected chi connectivity index (χ4v) is 3.57. The highest BCUT2D eigenvalue weighted by Gasteiger charge is 2.32. The Bertz CT molecular complexity index is 1130. The van der Waals surface area contributed by atoms with Gasteiger partial charge >= 0.3 is 12.1 Å². The van der Waals surface area contributed by atoms with E-state index in [1.165, 1.54) is 18.5 Å². The molecule has 4 rings (SSSR count). The lowest BCUT2D eigenvalue weighted by molar-refractivity contribution is -0.137. The molecular formula is C21H18F4N4O2. The molecule has 162 valence electrons. The Morgan fingerprint density at radius 3 is 2.61 bits per heavy atom. The maximum atomic E-state index is 14.1. The van der Waals surface area contributed by atoms with Gasteiger partial charge in [-0.25, -0.2) is 19.2 Å². The highest BCUT2D eigenvalue weighted by Crippen LogP contribution is 2.34. The van der Waals surface area contributed by atoms with E-state index in [1.807, 2.05) is 4.90 Å². The van der Waals surface area contributed by atoms with Crippen LogP contribution in [-0.4, -0.2) is 45.6 Å². The first-order valence-corrected chi connectivity index (χ1v) is 9.56. The number of nitrogens with zero attached hydrogens (tertiary/aromatic N) is 3. The van der Waals surface area contributed by atoms with Crippen LogP contribution in [0.2, 0.25) is 0 Å². The second kappa shape index (κ2) is 8.10. The molecule has 0 aliphatic carbocycles. The molecule has 0 radical (unpaired) electrons. The Balaban J connectivity index is 1.76. The first-order chi connectivity index (χ1) is 14.7. The summed E-state index contributed by atoms with van der Waals surface area (Å²) in [5.41, 5.74) is -0.767. The molecule has 1 aliphatic heterocycles. The number of rotatable bonds is 6. The third-order valence-electron chi connectivity index (χ3n) is 5.25. The predicted octanol–water partition coefficient (Wildman–Crippen LogP) is 4.34. The number of carboxylic acids is 1. The quantitative estimate of drug-likeness (QED) is 0.562. The van der Waals surface area contributed by atoms with Crippen molar-refractivity contribution in [1.82, 2.24) is 14.9 Å². The van der Waals surface area contributed by atoms with Crippen LogP contribution in [-0.2, 0) is 6.18 Å². The molecule has 10 heteroatoms. The molecule has 31 heavy (non-hydrogen) atoms. The van der Waals surface area contributed by atoms with Crippen molar-refractivity contribution in [3.8, 4) is 0 Å². The molecule has 3 aromatic rings. The highest BCUT2D eigenvalue weighted by atomic mass is 19.4. The second-order valence-corrected chi connectivity index (χ2v) is 7.35. The number of anilines is 1. The summed E-state index contributed by atoms with van der Waals surface area (Å²) in [7, 11) is 0. The maximum absolute atomic E-state index is 14.1. The zero-order chi connectivity index (χ0) is 22.2. The smallest absolute Gasteiger partial charge is 0.416 e. The SMILES string of the molecule is O=C(O)c1cccc2c(N[C@H](CN3CCC3)c3cc(F)cc(C(F)(F)F)c3)ncnc12. The summed E-state index contributed by atoms with van der Waals surface area (Å²) in [5, 5.41) is 12.9. The van der Waals surface area contributed by atoms with Gasteiger partial charge in [-0.2, -0.15) is 13.2 Å². The summed E-state index contributed by atoms with van der Waals surface area (Å²) < 4.78 is 53.8. The molecule has 1 fully saturated rings. The van der Waals surface area contributed by atoms with Crippen LogP contribution < -0.4 is 5.32 Å². The number of hydrogen-bond donors (Lipinski definition) is 2. The summed E-state index contributed by atoms with van der Waals surface area (Å²) in [5.74, 6) is -1.88. The average molecular weight is 434 g/mol. The van der Waals surface area contributed by atoms with E-state index in [0.29, 0.717) is 18.0 Å².